The van der Waals surface area contributed by atoms with Gasteiger partial charge in [0.25, 0.3) is 0 Å². The van der Waals surface area contributed by atoms with Gasteiger partial charge in [-0.2, -0.15) is 0 Å². The normalized spacial score (nSPS) is 18.5. The molecule has 0 amide bonds. The molecule has 1 atom stereocenters. The number of methoxy groups -OCH3 is 1. The molecule has 0 fully saturated rings. The van der Waals surface area contributed by atoms with Gasteiger partial charge in [-0.15, -0.1) is 0 Å². The van der Waals surface area contributed by atoms with E-state index in [2.05, 4.69) is 6.07 Å². The van der Waals surface area contributed by atoms with E-state index in [-0.39, 0.29) is 11.7 Å². The van der Waals surface area contributed by atoms with Crippen molar-refractivity contribution in [2.45, 2.75) is 19.8 Å². The molecule has 3 nitrogen and oxygen atoms in total. The third-order valence-electron chi connectivity index (χ3n) is 4.47. The molecule has 0 radical (unpaired) electrons. The fraction of sp³-hybridized carbons (Fsp3) is 0.211. The molecule has 4 rings (SSSR count). The summed E-state index contributed by atoms with van der Waals surface area (Å²) >= 11 is 0. The number of allylic oxidation sites excluding steroid dienone is 2. The van der Waals surface area contributed by atoms with Gasteiger partial charge in [0, 0.05) is 17.0 Å². The number of aryl methyl sites for hydroxylation is 1. The number of hydrogen-bond acceptors (Lipinski definition) is 3. The fourth-order valence-corrected chi connectivity index (χ4v) is 3.44. The number of carbonyl (C=O) groups is 1. The van der Waals surface area contributed by atoms with Gasteiger partial charge in [0.1, 0.15) is 17.3 Å². The van der Waals surface area contributed by atoms with E-state index in [9.17, 15) is 4.79 Å². The van der Waals surface area contributed by atoms with Gasteiger partial charge < -0.3 is 9.47 Å². The zero-order chi connectivity index (χ0) is 15.4. The molecule has 1 aliphatic heterocycles. The van der Waals surface area contributed by atoms with Crippen molar-refractivity contribution in [3.63, 3.8) is 0 Å². The SMILES string of the molecule is COc1ccc2c(c1)C1C(=C(C)Oc3ccc(C)cc31)C2=O. The minimum atomic E-state index is -0.0544. The minimum Gasteiger partial charge on any atom is -0.497 e. The summed E-state index contributed by atoms with van der Waals surface area (Å²) in [5.41, 5.74) is 4.72. The Labute approximate surface area is 129 Å². The molecule has 22 heavy (non-hydrogen) atoms. The predicted molar refractivity (Wildman–Crippen MR) is 83.7 cm³/mol. The van der Waals surface area contributed by atoms with Crippen LogP contribution in [0.2, 0.25) is 0 Å². The van der Waals surface area contributed by atoms with Crippen LogP contribution < -0.4 is 9.47 Å². The first kappa shape index (κ1) is 13.1. The second-order valence-electron chi connectivity index (χ2n) is 5.83. The average molecular weight is 292 g/mol. The lowest BCUT2D eigenvalue weighted by Gasteiger charge is -2.25. The highest BCUT2D eigenvalue weighted by molar-refractivity contribution is 6.15. The highest BCUT2D eigenvalue weighted by Crippen LogP contribution is 2.50. The summed E-state index contributed by atoms with van der Waals surface area (Å²) in [6, 6.07) is 11.8. The van der Waals surface area contributed by atoms with Gasteiger partial charge in [0.2, 0.25) is 0 Å². The zero-order valence-corrected chi connectivity index (χ0v) is 12.8. The Morgan fingerprint density at radius 1 is 1.05 bits per heavy atom. The van der Waals surface area contributed by atoms with E-state index < -0.39 is 0 Å². The molecule has 2 aromatic rings. The first-order valence-corrected chi connectivity index (χ1v) is 7.32. The van der Waals surface area contributed by atoms with Crippen molar-refractivity contribution in [1.29, 1.82) is 0 Å². The van der Waals surface area contributed by atoms with Gasteiger partial charge >= 0.3 is 0 Å². The lowest BCUT2D eigenvalue weighted by atomic mass is 9.86. The summed E-state index contributed by atoms with van der Waals surface area (Å²) in [6.45, 7) is 3.92. The quantitative estimate of drug-likeness (QED) is 0.797. The monoisotopic (exact) mass is 292 g/mol. The number of carbonyl (C=O) groups excluding carboxylic acids is 1. The van der Waals surface area contributed by atoms with Crippen LogP contribution in [0.4, 0.5) is 0 Å². The lowest BCUT2D eigenvalue weighted by Crippen LogP contribution is -2.15. The van der Waals surface area contributed by atoms with Crippen LogP contribution in [0.1, 0.15) is 39.9 Å². The molecule has 1 heterocycles. The smallest absolute Gasteiger partial charge is 0.193 e. The molecule has 110 valence electrons. The molecule has 2 aromatic carbocycles. The molecule has 1 unspecified atom stereocenters. The first-order chi connectivity index (χ1) is 10.6. The van der Waals surface area contributed by atoms with Crippen molar-refractivity contribution in [3.8, 4) is 11.5 Å². The van der Waals surface area contributed by atoms with Gasteiger partial charge in [-0.25, -0.2) is 0 Å². The maximum atomic E-state index is 12.8. The van der Waals surface area contributed by atoms with Crippen molar-refractivity contribution in [2.75, 3.05) is 7.11 Å². The third-order valence-corrected chi connectivity index (χ3v) is 4.47. The first-order valence-electron chi connectivity index (χ1n) is 7.32. The zero-order valence-electron chi connectivity index (χ0n) is 12.8. The van der Waals surface area contributed by atoms with Gasteiger partial charge in [0.05, 0.1) is 12.7 Å². The van der Waals surface area contributed by atoms with Crippen molar-refractivity contribution in [1.82, 2.24) is 0 Å². The number of fused-ring (bicyclic) bond motifs is 5. The molecule has 0 saturated heterocycles. The standard InChI is InChI=1S/C19H16O3/c1-10-4-7-16-15(8-10)18-14-9-12(21-3)5-6-13(14)19(20)17(18)11(2)22-16/h4-9,18H,1-3H3. The third kappa shape index (κ3) is 1.65. The highest BCUT2D eigenvalue weighted by atomic mass is 16.5. The Hall–Kier alpha value is -2.55. The summed E-state index contributed by atoms with van der Waals surface area (Å²) in [7, 11) is 1.64. The summed E-state index contributed by atoms with van der Waals surface area (Å²) in [5, 5.41) is 0. The molecule has 0 N–H and O–H groups in total. The Bertz CT molecular complexity index is 846. The number of rotatable bonds is 1. The summed E-state index contributed by atoms with van der Waals surface area (Å²) in [4.78, 5) is 12.8. The van der Waals surface area contributed by atoms with E-state index in [0.717, 1.165) is 39.3 Å². The van der Waals surface area contributed by atoms with E-state index in [1.807, 2.05) is 44.2 Å². The molecular formula is C19H16O3. The van der Waals surface area contributed by atoms with Crippen LogP contribution in [-0.4, -0.2) is 12.9 Å². The van der Waals surface area contributed by atoms with Gasteiger partial charge in [0.15, 0.2) is 5.78 Å². The molecule has 0 bridgehead atoms. The second-order valence-corrected chi connectivity index (χ2v) is 5.83. The van der Waals surface area contributed by atoms with Crippen molar-refractivity contribution in [2.24, 2.45) is 0 Å². The van der Waals surface area contributed by atoms with Crippen LogP contribution in [-0.2, 0) is 0 Å². The number of ether oxygens (including phenoxy) is 2. The Morgan fingerprint density at radius 3 is 2.64 bits per heavy atom. The highest BCUT2D eigenvalue weighted by Gasteiger charge is 2.41. The van der Waals surface area contributed by atoms with Crippen molar-refractivity contribution < 1.29 is 14.3 Å². The van der Waals surface area contributed by atoms with E-state index in [4.69, 9.17) is 9.47 Å². The summed E-state index contributed by atoms with van der Waals surface area (Å²) in [5.74, 6) is 2.31. The van der Waals surface area contributed by atoms with Gasteiger partial charge in [-0.1, -0.05) is 17.7 Å². The Morgan fingerprint density at radius 2 is 1.86 bits per heavy atom. The lowest BCUT2D eigenvalue weighted by molar-refractivity contribution is 0.103. The molecule has 2 aliphatic rings. The molecule has 1 aliphatic carbocycles. The molecule has 3 heteroatoms. The van der Waals surface area contributed by atoms with Crippen molar-refractivity contribution >= 4 is 5.78 Å². The Kier molecular flexibility index (Phi) is 2.67. The maximum Gasteiger partial charge on any atom is 0.193 e. The maximum absolute atomic E-state index is 12.8. The number of ketones is 1. The number of Topliss-reactive ketones (excluding diaryl/α,β-unsaturated/α-hetero) is 1. The van der Waals surface area contributed by atoms with E-state index in [0.29, 0.717) is 5.76 Å². The number of benzene rings is 2. The molecular weight excluding hydrogens is 276 g/mol. The summed E-state index contributed by atoms with van der Waals surface area (Å²) in [6.07, 6.45) is 0. The van der Waals surface area contributed by atoms with Crippen molar-refractivity contribution in [3.05, 3.63) is 70.0 Å². The largest absolute Gasteiger partial charge is 0.497 e. The Balaban J connectivity index is 2.02. The van der Waals surface area contributed by atoms with Crippen LogP contribution in [0, 0.1) is 6.92 Å². The van der Waals surface area contributed by atoms with Crippen LogP contribution in [0.5, 0.6) is 11.5 Å². The topological polar surface area (TPSA) is 35.5 Å². The van der Waals surface area contributed by atoms with E-state index >= 15 is 0 Å². The van der Waals surface area contributed by atoms with Crippen LogP contribution in [0.15, 0.2) is 47.7 Å². The van der Waals surface area contributed by atoms with Crippen LogP contribution in [0.3, 0.4) is 0 Å². The fourth-order valence-electron chi connectivity index (χ4n) is 3.44. The molecule has 0 spiro atoms. The molecule has 0 saturated carbocycles. The van der Waals surface area contributed by atoms with E-state index in [1.54, 1.807) is 7.11 Å². The van der Waals surface area contributed by atoms with Crippen LogP contribution >= 0.6 is 0 Å². The summed E-state index contributed by atoms with van der Waals surface area (Å²) < 4.78 is 11.2. The van der Waals surface area contributed by atoms with Gasteiger partial charge in [-0.3, -0.25) is 4.79 Å². The number of hydrogen-bond donors (Lipinski definition) is 0. The second kappa shape index (κ2) is 4.47. The van der Waals surface area contributed by atoms with E-state index in [1.165, 1.54) is 0 Å². The average Bonchev–Trinajstić information content (AvgIpc) is 2.82. The van der Waals surface area contributed by atoms with Crippen LogP contribution in [0.25, 0.3) is 0 Å². The minimum absolute atomic E-state index is 0.0544. The molecule has 0 aromatic heterocycles. The van der Waals surface area contributed by atoms with Gasteiger partial charge in [-0.05, 0) is 43.7 Å². The predicted octanol–water partition coefficient (Wildman–Crippen LogP) is 4.00.